The van der Waals surface area contributed by atoms with Gasteiger partial charge in [-0.3, -0.25) is 0 Å². The van der Waals surface area contributed by atoms with Crippen molar-refractivity contribution < 1.29 is 19.7 Å². The van der Waals surface area contributed by atoms with Crippen molar-refractivity contribution in [2.45, 2.75) is 65.2 Å². The first kappa shape index (κ1) is 20.1. The quantitative estimate of drug-likeness (QED) is 0.264. The monoisotopic (exact) mass is 358 g/mol. The van der Waals surface area contributed by atoms with E-state index in [4.69, 9.17) is 4.74 Å². The maximum Gasteiger partial charge on any atom is 0.511 e. The smallest absolute Gasteiger partial charge is 0.507 e. The molecular formula is C22H30O4. The summed E-state index contributed by atoms with van der Waals surface area (Å²) in [5.41, 5.74) is 3.73. The number of allylic oxidation sites excluding steroid dienone is 3. The van der Waals surface area contributed by atoms with Crippen LogP contribution >= 0.6 is 0 Å². The van der Waals surface area contributed by atoms with Crippen molar-refractivity contribution in [3.05, 3.63) is 47.1 Å². The highest BCUT2D eigenvalue weighted by Gasteiger charge is 2.31. The zero-order valence-electron chi connectivity index (χ0n) is 16.0. The largest absolute Gasteiger partial charge is 0.511 e. The molecule has 26 heavy (non-hydrogen) atoms. The molecule has 2 unspecified atom stereocenters. The minimum absolute atomic E-state index is 0.109. The van der Waals surface area contributed by atoms with E-state index in [9.17, 15) is 15.0 Å². The lowest BCUT2D eigenvalue weighted by Gasteiger charge is -2.32. The highest BCUT2D eigenvalue weighted by Crippen LogP contribution is 2.47. The molecule has 0 radical (unpaired) electrons. The van der Waals surface area contributed by atoms with Crippen molar-refractivity contribution in [2.24, 2.45) is 5.92 Å². The Bertz CT molecular complexity index is 702. The predicted octanol–water partition coefficient (Wildman–Crippen LogP) is 6.20. The predicted molar refractivity (Wildman–Crippen MR) is 104 cm³/mol. The summed E-state index contributed by atoms with van der Waals surface area (Å²) in [5, 5.41) is 19.9. The molecule has 0 spiro atoms. The van der Waals surface area contributed by atoms with Gasteiger partial charge in [-0.25, -0.2) is 4.79 Å². The fraction of sp³-hybridized carbons (Fsp3) is 0.500. The van der Waals surface area contributed by atoms with Gasteiger partial charge in [-0.1, -0.05) is 43.6 Å². The Morgan fingerprint density at radius 3 is 2.69 bits per heavy atom. The van der Waals surface area contributed by atoms with Crippen molar-refractivity contribution in [2.75, 3.05) is 0 Å². The van der Waals surface area contributed by atoms with Gasteiger partial charge in [-0.2, -0.15) is 0 Å². The van der Waals surface area contributed by atoms with Gasteiger partial charge >= 0.3 is 6.16 Å². The number of aromatic hydroxyl groups is 1. The molecule has 2 rings (SSSR count). The molecule has 0 heterocycles. The van der Waals surface area contributed by atoms with Gasteiger partial charge in [0.25, 0.3) is 0 Å². The molecule has 0 aliphatic heterocycles. The van der Waals surface area contributed by atoms with Crippen molar-refractivity contribution in [1.29, 1.82) is 0 Å². The maximum absolute atomic E-state index is 11.2. The van der Waals surface area contributed by atoms with Crippen LogP contribution in [0.25, 0.3) is 0 Å². The molecule has 4 nitrogen and oxygen atoms in total. The van der Waals surface area contributed by atoms with Gasteiger partial charge in [-0.05, 0) is 63.1 Å². The molecular weight excluding hydrogens is 328 g/mol. The summed E-state index contributed by atoms with van der Waals surface area (Å²) in [6.07, 6.45) is 6.67. The van der Waals surface area contributed by atoms with Gasteiger partial charge in [-0.15, -0.1) is 0 Å². The third kappa shape index (κ3) is 4.90. The summed E-state index contributed by atoms with van der Waals surface area (Å²) >= 11 is 0. The first-order valence-electron chi connectivity index (χ1n) is 9.42. The highest BCUT2D eigenvalue weighted by molar-refractivity contribution is 5.64. The molecule has 1 aromatic rings. The van der Waals surface area contributed by atoms with Crippen LogP contribution in [0.5, 0.6) is 11.5 Å². The summed E-state index contributed by atoms with van der Waals surface area (Å²) in [4.78, 5) is 11.2. The molecule has 0 amide bonds. The highest BCUT2D eigenvalue weighted by atomic mass is 16.7. The Kier molecular flexibility index (Phi) is 6.90. The van der Waals surface area contributed by atoms with Gasteiger partial charge in [0.2, 0.25) is 0 Å². The van der Waals surface area contributed by atoms with Crippen LogP contribution in [0.3, 0.4) is 0 Å². The van der Waals surface area contributed by atoms with E-state index in [2.05, 4.69) is 26.5 Å². The van der Waals surface area contributed by atoms with Crippen LogP contribution in [0, 0.1) is 5.92 Å². The lowest BCUT2D eigenvalue weighted by Crippen LogP contribution is -2.18. The maximum atomic E-state index is 11.2. The normalized spacial score (nSPS) is 19.7. The van der Waals surface area contributed by atoms with E-state index < -0.39 is 6.16 Å². The van der Waals surface area contributed by atoms with Crippen molar-refractivity contribution in [3.63, 3.8) is 0 Å². The molecule has 2 N–H and O–H groups in total. The standard InChI is InChI=1S/C22H30O4/c1-5-6-7-8-16-12-19(23)21(20(13-16)26-22(24)25)18-11-15(4)9-10-17(18)14(2)3/h11-13,17-18,23H,2,5-10H2,1,3-4H3,(H,24,25). The van der Waals surface area contributed by atoms with Crippen molar-refractivity contribution >= 4 is 6.16 Å². The first-order chi connectivity index (χ1) is 12.3. The Balaban J connectivity index is 2.49. The Morgan fingerprint density at radius 2 is 2.08 bits per heavy atom. The number of phenols is 1. The van der Waals surface area contributed by atoms with Gasteiger partial charge in [0, 0.05) is 11.5 Å². The van der Waals surface area contributed by atoms with Crippen molar-refractivity contribution in [3.8, 4) is 11.5 Å². The lowest BCUT2D eigenvalue weighted by atomic mass is 9.73. The number of phenolic OH excluding ortho intramolecular Hbond substituents is 1. The summed E-state index contributed by atoms with van der Waals surface area (Å²) in [6, 6.07) is 3.53. The number of hydrogen-bond acceptors (Lipinski definition) is 3. The molecule has 0 aromatic heterocycles. The Hall–Kier alpha value is -2.23. The summed E-state index contributed by atoms with van der Waals surface area (Å²) in [5.74, 6) is 0.385. The second-order valence-electron chi connectivity index (χ2n) is 7.38. The molecule has 1 aromatic carbocycles. The van der Waals surface area contributed by atoms with Crippen LogP contribution in [0.4, 0.5) is 4.79 Å². The van der Waals surface area contributed by atoms with E-state index in [1.165, 1.54) is 5.57 Å². The van der Waals surface area contributed by atoms with E-state index in [1.807, 2.05) is 6.92 Å². The van der Waals surface area contributed by atoms with Gasteiger partial charge in [0.05, 0.1) is 0 Å². The van der Waals surface area contributed by atoms with E-state index in [0.717, 1.165) is 49.7 Å². The minimum Gasteiger partial charge on any atom is -0.507 e. The number of carboxylic acid groups (broad SMARTS) is 1. The topological polar surface area (TPSA) is 66.8 Å². The molecule has 0 saturated heterocycles. The van der Waals surface area contributed by atoms with Crippen LogP contribution in [-0.2, 0) is 6.42 Å². The molecule has 142 valence electrons. The molecule has 2 atom stereocenters. The number of aryl methyl sites for hydroxylation is 1. The number of ether oxygens (including phenoxy) is 1. The van der Waals surface area contributed by atoms with Crippen LogP contribution in [0.1, 0.15) is 69.9 Å². The minimum atomic E-state index is -1.36. The number of carbonyl (C=O) groups is 1. The lowest BCUT2D eigenvalue weighted by molar-refractivity contribution is 0.143. The summed E-state index contributed by atoms with van der Waals surface area (Å²) in [7, 11) is 0. The van der Waals surface area contributed by atoms with Gasteiger partial charge < -0.3 is 14.9 Å². The Labute approximate surface area is 156 Å². The number of benzene rings is 1. The molecule has 1 aliphatic carbocycles. The molecule has 4 heteroatoms. The van der Waals surface area contributed by atoms with Gasteiger partial charge in [0.15, 0.2) is 0 Å². The molecule has 0 fully saturated rings. The average molecular weight is 358 g/mol. The number of hydrogen-bond donors (Lipinski definition) is 2. The van der Waals surface area contributed by atoms with E-state index >= 15 is 0 Å². The fourth-order valence-electron chi connectivity index (χ4n) is 3.81. The van der Waals surface area contributed by atoms with Crippen LogP contribution in [0.15, 0.2) is 35.9 Å². The third-order valence-electron chi connectivity index (χ3n) is 5.16. The second kappa shape index (κ2) is 8.93. The average Bonchev–Trinajstić information content (AvgIpc) is 2.54. The van der Waals surface area contributed by atoms with Gasteiger partial charge in [0.1, 0.15) is 11.5 Å². The van der Waals surface area contributed by atoms with Crippen molar-refractivity contribution in [1.82, 2.24) is 0 Å². The molecule has 0 bridgehead atoms. The van der Waals surface area contributed by atoms with E-state index in [1.54, 1.807) is 12.1 Å². The SMILES string of the molecule is C=C(C)C1CCC(C)=CC1c1c(O)cc(CCCCC)cc1OC(=O)O. The number of unbranched alkanes of at least 4 members (excludes halogenated alkanes) is 2. The summed E-state index contributed by atoms with van der Waals surface area (Å²) in [6.45, 7) is 10.3. The van der Waals surface area contributed by atoms with Crippen LogP contribution < -0.4 is 4.74 Å². The van der Waals surface area contributed by atoms with E-state index in [-0.39, 0.29) is 23.3 Å². The van der Waals surface area contributed by atoms with Crippen LogP contribution in [0.2, 0.25) is 0 Å². The fourth-order valence-corrected chi connectivity index (χ4v) is 3.81. The third-order valence-corrected chi connectivity index (χ3v) is 5.16. The summed E-state index contributed by atoms with van der Waals surface area (Å²) < 4.78 is 5.09. The molecule has 1 aliphatic rings. The zero-order chi connectivity index (χ0) is 19.3. The number of rotatable bonds is 7. The van der Waals surface area contributed by atoms with E-state index in [0.29, 0.717) is 5.56 Å². The zero-order valence-corrected chi connectivity index (χ0v) is 16.0. The first-order valence-corrected chi connectivity index (χ1v) is 9.42. The Morgan fingerprint density at radius 1 is 1.35 bits per heavy atom. The molecule has 0 saturated carbocycles. The van der Waals surface area contributed by atoms with Crippen LogP contribution in [-0.4, -0.2) is 16.4 Å². The second-order valence-corrected chi connectivity index (χ2v) is 7.38.